The molecule has 1 fully saturated rings. The molecular formula is C29H24O. The smallest absolute Gasteiger partial charge is 0.149 e. The molecule has 0 heterocycles. The van der Waals surface area contributed by atoms with E-state index < -0.39 is 0 Å². The Bertz CT molecular complexity index is 1010. The van der Waals surface area contributed by atoms with Crippen molar-refractivity contribution in [2.24, 2.45) is 0 Å². The predicted molar refractivity (Wildman–Crippen MR) is 122 cm³/mol. The van der Waals surface area contributed by atoms with Gasteiger partial charge in [-0.25, -0.2) is 0 Å². The Balaban J connectivity index is 1.74. The Morgan fingerprint density at radius 3 is 0.933 bits per heavy atom. The molecule has 1 aliphatic carbocycles. The Kier molecular flexibility index (Phi) is 5.03. The van der Waals surface area contributed by atoms with E-state index in [9.17, 15) is 4.79 Å². The SMILES string of the molecule is O=C1[C@H](c2ccccc2)[C@H](c2ccccc2)[C@H](c2ccccc2)[C@@H]1c1ccccc1. The van der Waals surface area contributed by atoms with Crippen molar-refractivity contribution in [3.63, 3.8) is 0 Å². The van der Waals surface area contributed by atoms with Crippen LogP contribution in [0.4, 0.5) is 0 Å². The number of Topliss-reactive ketones (excluding diaryl/α,β-unsaturated/α-hetero) is 1. The van der Waals surface area contributed by atoms with Crippen LogP contribution in [0.3, 0.4) is 0 Å². The second-order valence-corrected chi connectivity index (χ2v) is 8.05. The van der Waals surface area contributed by atoms with Crippen molar-refractivity contribution >= 4 is 5.78 Å². The Morgan fingerprint density at radius 1 is 0.367 bits per heavy atom. The van der Waals surface area contributed by atoms with Crippen molar-refractivity contribution in [2.75, 3.05) is 0 Å². The molecule has 1 saturated carbocycles. The molecule has 0 bridgehead atoms. The van der Waals surface area contributed by atoms with Crippen molar-refractivity contribution in [1.29, 1.82) is 0 Å². The summed E-state index contributed by atoms with van der Waals surface area (Å²) in [6, 6.07) is 41.7. The van der Waals surface area contributed by atoms with Gasteiger partial charge in [0.15, 0.2) is 0 Å². The topological polar surface area (TPSA) is 17.1 Å². The normalized spacial score (nSPS) is 23.4. The number of carbonyl (C=O) groups excluding carboxylic acids is 1. The summed E-state index contributed by atoms with van der Waals surface area (Å²) >= 11 is 0. The summed E-state index contributed by atoms with van der Waals surface area (Å²) in [5.74, 6) is 0.172. The Hall–Kier alpha value is -3.45. The fourth-order valence-corrected chi connectivity index (χ4v) is 5.18. The van der Waals surface area contributed by atoms with Crippen LogP contribution in [0.25, 0.3) is 0 Å². The van der Waals surface area contributed by atoms with Gasteiger partial charge in [-0.2, -0.15) is 0 Å². The minimum atomic E-state index is -0.163. The van der Waals surface area contributed by atoms with Crippen molar-refractivity contribution in [2.45, 2.75) is 23.7 Å². The molecule has 1 aliphatic rings. The third-order valence-electron chi connectivity index (χ3n) is 6.40. The first kappa shape index (κ1) is 18.6. The number of benzene rings is 4. The number of hydrogen-bond acceptors (Lipinski definition) is 1. The van der Waals surface area contributed by atoms with Crippen LogP contribution in [0.5, 0.6) is 0 Å². The minimum absolute atomic E-state index is 0.0914. The first-order chi connectivity index (χ1) is 14.8. The quantitative estimate of drug-likeness (QED) is 0.380. The lowest BCUT2D eigenvalue weighted by Crippen LogP contribution is -2.14. The zero-order chi connectivity index (χ0) is 20.3. The molecule has 4 aromatic rings. The number of carbonyl (C=O) groups is 1. The highest BCUT2D eigenvalue weighted by atomic mass is 16.1. The van der Waals surface area contributed by atoms with Crippen molar-refractivity contribution < 1.29 is 4.79 Å². The summed E-state index contributed by atoms with van der Waals surface area (Å²) in [7, 11) is 0. The average Bonchev–Trinajstić information content (AvgIpc) is 3.14. The molecule has 4 atom stereocenters. The van der Waals surface area contributed by atoms with E-state index in [0.717, 1.165) is 11.1 Å². The Labute approximate surface area is 178 Å². The van der Waals surface area contributed by atoms with Crippen molar-refractivity contribution in [1.82, 2.24) is 0 Å². The molecule has 0 aromatic heterocycles. The molecule has 0 spiro atoms. The summed E-state index contributed by atoms with van der Waals surface area (Å²) in [5.41, 5.74) is 4.67. The summed E-state index contributed by atoms with van der Waals surface area (Å²) < 4.78 is 0. The molecule has 1 heteroatoms. The van der Waals surface area contributed by atoms with Gasteiger partial charge in [0.05, 0.1) is 11.8 Å². The monoisotopic (exact) mass is 388 g/mol. The van der Waals surface area contributed by atoms with Crippen LogP contribution in [0.2, 0.25) is 0 Å². The summed E-state index contributed by atoms with van der Waals surface area (Å²) in [4.78, 5) is 14.1. The first-order valence-corrected chi connectivity index (χ1v) is 10.6. The average molecular weight is 389 g/mol. The molecule has 0 unspecified atom stereocenters. The largest absolute Gasteiger partial charge is 0.298 e. The van der Waals surface area contributed by atoms with Crippen LogP contribution in [-0.2, 0) is 4.79 Å². The van der Waals surface area contributed by atoms with E-state index in [1.54, 1.807) is 0 Å². The Morgan fingerprint density at radius 2 is 0.633 bits per heavy atom. The highest BCUT2D eigenvalue weighted by molar-refractivity contribution is 5.97. The zero-order valence-corrected chi connectivity index (χ0v) is 16.8. The van der Waals surface area contributed by atoms with Crippen LogP contribution in [0.15, 0.2) is 121 Å². The second-order valence-electron chi connectivity index (χ2n) is 8.05. The van der Waals surface area contributed by atoms with Crippen LogP contribution >= 0.6 is 0 Å². The fraction of sp³-hybridized carbons (Fsp3) is 0.138. The standard InChI is InChI=1S/C29H24O/c30-29-27(23-17-9-3-10-18-23)25(21-13-5-1-6-14-21)26(22-15-7-2-8-16-22)28(29)24-19-11-4-12-20-24/h1-20,25-28H/t25-,26+,27-,28+. The van der Waals surface area contributed by atoms with E-state index in [4.69, 9.17) is 0 Å². The van der Waals surface area contributed by atoms with Gasteiger partial charge in [-0.05, 0) is 22.3 Å². The predicted octanol–water partition coefficient (Wildman–Crippen LogP) is 6.70. The molecule has 0 radical (unpaired) electrons. The van der Waals surface area contributed by atoms with E-state index in [2.05, 4.69) is 72.8 Å². The maximum Gasteiger partial charge on any atom is 0.149 e. The first-order valence-electron chi connectivity index (χ1n) is 10.6. The van der Waals surface area contributed by atoms with Gasteiger partial charge in [-0.3, -0.25) is 4.79 Å². The van der Waals surface area contributed by atoms with Gasteiger partial charge in [-0.15, -0.1) is 0 Å². The third kappa shape index (κ3) is 3.27. The summed E-state index contributed by atoms with van der Waals surface area (Å²) in [5, 5.41) is 0. The summed E-state index contributed by atoms with van der Waals surface area (Å²) in [6.07, 6.45) is 0. The number of rotatable bonds is 4. The molecule has 4 aromatic carbocycles. The van der Waals surface area contributed by atoms with Crippen LogP contribution in [0.1, 0.15) is 45.9 Å². The zero-order valence-electron chi connectivity index (χ0n) is 16.8. The third-order valence-corrected chi connectivity index (χ3v) is 6.40. The lowest BCUT2D eigenvalue weighted by molar-refractivity contribution is -0.120. The van der Waals surface area contributed by atoms with Gasteiger partial charge in [0, 0.05) is 11.8 Å². The van der Waals surface area contributed by atoms with E-state index in [0.29, 0.717) is 5.78 Å². The van der Waals surface area contributed by atoms with E-state index in [1.807, 2.05) is 48.5 Å². The maximum atomic E-state index is 14.1. The van der Waals surface area contributed by atoms with Crippen LogP contribution in [0, 0.1) is 0 Å². The van der Waals surface area contributed by atoms with Crippen LogP contribution < -0.4 is 0 Å². The summed E-state index contributed by atoms with van der Waals surface area (Å²) in [6.45, 7) is 0. The van der Waals surface area contributed by atoms with E-state index in [1.165, 1.54) is 11.1 Å². The molecule has 5 rings (SSSR count). The molecule has 146 valence electrons. The maximum absolute atomic E-state index is 14.1. The minimum Gasteiger partial charge on any atom is -0.298 e. The highest BCUT2D eigenvalue weighted by Crippen LogP contribution is 2.58. The molecule has 0 amide bonds. The molecular weight excluding hydrogens is 364 g/mol. The fourth-order valence-electron chi connectivity index (χ4n) is 5.18. The van der Waals surface area contributed by atoms with Crippen LogP contribution in [-0.4, -0.2) is 5.78 Å². The van der Waals surface area contributed by atoms with Gasteiger partial charge >= 0.3 is 0 Å². The lowest BCUT2D eigenvalue weighted by atomic mass is 9.75. The van der Waals surface area contributed by atoms with Gasteiger partial charge in [0.2, 0.25) is 0 Å². The van der Waals surface area contributed by atoms with Gasteiger partial charge < -0.3 is 0 Å². The van der Waals surface area contributed by atoms with Crippen molar-refractivity contribution in [3.8, 4) is 0 Å². The van der Waals surface area contributed by atoms with Gasteiger partial charge in [-0.1, -0.05) is 121 Å². The lowest BCUT2D eigenvalue weighted by Gasteiger charge is -2.27. The van der Waals surface area contributed by atoms with Gasteiger partial charge in [0.25, 0.3) is 0 Å². The molecule has 0 N–H and O–H groups in total. The molecule has 0 aliphatic heterocycles. The van der Waals surface area contributed by atoms with E-state index in [-0.39, 0.29) is 23.7 Å². The van der Waals surface area contributed by atoms with E-state index >= 15 is 0 Å². The molecule has 0 saturated heterocycles. The molecule has 30 heavy (non-hydrogen) atoms. The highest BCUT2D eigenvalue weighted by Gasteiger charge is 2.51. The number of ketones is 1. The number of hydrogen-bond donors (Lipinski definition) is 0. The second kappa shape index (κ2) is 8.12. The molecule has 1 nitrogen and oxygen atoms in total. The van der Waals surface area contributed by atoms with Gasteiger partial charge in [0.1, 0.15) is 5.78 Å². The van der Waals surface area contributed by atoms with Crippen molar-refractivity contribution in [3.05, 3.63) is 144 Å².